The van der Waals surface area contributed by atoms with Gasteiger partial charge in [0.05, 0.1) is 6.54 Å². The molecule has 0 saturated carbocycles. The van der Waals surface area contributed by atoms with E-state index in [4.69, 9.17) is 0 Å². The number of benzene rings is 2. The monoisotopic (exact) mass is 397 g/mol. The lowest BCUT2D eigenvalue weighted by atomic mass is 9.92. The van der Waals surface area contributed by atoms with Crippen LogP contribution in [0, 0.1) is 5.82 Å². The van der Waals surface area contributed by atoms with Crippen molar-refractivity contribution < 1.29 is 9.18 Å². The number of piperazine rings is 1. The number of hydrogen-bond acceptors (Lipinski definition) is 3. The standard InChI is InChI=1S/C24H32FN3O/c1-17(2)21-6-5-7-22(18(3)4)24(21)26-23(29)16-27-12-14-28(15-13-27)20-10-8-19(25)9-11-20/h5-11,17-18H,12-16H2,1-4H3,(H,26,29). The Bertz CT molecular complexity index is 798. The quantitative estimate of drug-likeness (QED) is 0.758. The number of halogens is 1. The summed E-state index contributed by atoms with van der Waals surface area (Å²) >= 11 is 0. The van der Waals surface area contributed by atoms with Crippen LogP contribution in [0.25, 0.3) is 0 Å². The van der Waals surface area contributed by atoms with Gasteiger partial charge in [0.25, 0.3) is 0 Å². The van der Waals surface area contributed by atoms with Crippen molar-refractivity contribution in [1.82, 2.24) is 4.90 Å². The minimum atomic E-state index is -0.216. The van der Waals surface area contributed by atoms with Crippen LogP contribution in [0.15, 0.2) is 42.5 Å². The fourth-order valence-electron chi connectivity index (χ4n) is 3.89. The van der Waals surface area contributed by atoms with Crippen molar-refractivity contribution in [2.45, 2.75) is 39.5 Å². The summed E-state index contributed by atoms with van der Waals surface area (Å²) in [7, 11) is 0. The third-order valence-corrected chi connectivity index (χ3v) is 5.57. The van der Waals surface area contributed by atoms with Gasteiger partial charge >= 0.3 is 0 Å². The van der Waals surface area contributed by atoms with Crippen molar-refractivity contribution in [3.05, 3.63) is 59.4 Å². The number of amides is 1. The van der Waals surface area contributed by atoms with E-state index in [1.165, 1.54) is 23.3 Å². The Kier molecular flexibility index (Phi) is 6.91. The summed E-state index contributed by atoms with van der Waals surface area (Å²) in [5.74, 6) is 0.522. The highest BCUT2D eigenvalue weighted by Gasteiger charge is 2.21. The molecule has 0 bridgehead atoms. The zero-order valence-corrected chi connectivity index (χ0v) is 17.9. The summed E-state index contributed by atoms with van der Waals surface area (Å²) < 4.78 is 13.1. The molecule has 1 fully saturated rings. The van der Waals surface area contributed by atoms with Crippen molar-refractivity contribution in [2.75, 3.05) is 42.9 Å². The zero-order chi connectivity index (χ0) is 21.0. The van der Waals surface area contributed by atoms with Crippen LogP contribution in [0.3, 0.4) is 0 Å². The first kappa shape index (κ1) is 21.3. The summed E-state index contributed by atoms with van der Waals surface area (Å²) in [4.78, 5) is 17.2. The van der Waals surface area contributed by atoms with Gasteiger partial charge in [-0.3, -0.25) is 9.69 Å². The van der Waals surface area contributed by atoms with Gasteiger partial charge in [-0.1, -0.05) is 45.9 Å². The predicted octanol–water partition coefficient (Wildman–Crippen LogP) is 4.83. The Hall–Kier alpha value is -2.40. The molecule has 29 heavy (non-hydrogen) atoms. The van der Waals surface area contributed by atoms with Gasteiger partial charge in [-0.25, -0.2) is 4.39 Å². The largest absolute Gasteiger partial charge is 0.369 e. The van der Waals surface area contributed by atoms with Crippen LogP contribution in [0.4, 0.5) is 15.8 Å². The number of carbonyl (C=O) groups excluding carboxylic acids is 1. The van der Waals surface area contributed by atoms with Gasteiger partial charge in [-0.2, -0.15) is 0 Å². The molecule has 4 nitrogen and oxygen atoms in total. The number of hydrogen-bond donors (Lipinski definition) is 1. The third-order valence-electron chi connectivity index (χ3n) is 5.57. The van der Waals surface area contributed by atoms with E-state index in [1.54, 1.807) is 0 Å². The molecular formula is C24H32FN3O. The third kappa shape index (κ3) is 5.36. The minimum absolute atomic E-state index is 0.0373. The maximum Gasteiger partial charge on any atom is 0.238 e. The molecule has 0 aromatic heterocycles. The Balaban J connectivity index is 1.60. The molecule has 0 atom stereocenters. The van der Waals surface area contributed by atoms with Crippen LogP contribution in [0.2, 0.25) is 0 Å². The second-order valence-electron chi connectivity index (χ2n) is 8.41. The maximum atomic E-state index is 13.1. The average molecular weight is 398 g/mol. The molecule has 3 rings (SSSR count). The van der Waals surface area contributed by atoms with E-state index in [9.17, 15) is 9.18 Å². The van der Waals surface area contributed by atoms with Crippen LogP contribution in [0.1, 0.15) is 50.7 Å². The Morgan fingerprint density at radius 1 is 0.931 bits per heavy atom. The molecule has 5 heteroatoms. The molecule has 2 aromatic rings. The van der Waals surface area contributed by atoms with E-state index in [1.807, 2.05) is 12.1 Å². The topological polar surface area (TPSA) is 35.6 Å². The number of anilines is 2. The molecule has 1 aliphatic rings. The van der Waals surface area contributed by atoms with Crippen molar-refractivity contribution in [3.8, 4) is 0 Å². The fourth-order valence-corrected chi connectivity index (χ4v) is 3.89. The molecule has 0 radical (unpaired) electrons. The highest BCUT2D eigenvalue weighted by atomic mass is 19.1. The molecule has 1 heterocycles. The number of carbonyl (C=O) groups is 1. The fraction of sp³-hybridized carbons (Fsp3) is 0.458. The molecule has 0 aliphatic carbocycles. The molecule has 1 aliphatic heterocycles. The summed E-state index contributed by atoms with van der Waals surface area (Å²) in [5.41, 5.74) is 4.38. The molecule has 2 aromatic carbocycles. The average Bonchev–Trinajstić information content (AvgIpc) is 2.69. The van der Waals surface area contributed by atoms with E-state index in [-0.39, 0.29) is 11.7 Å². The highest BCUT2D eigenvalue weighted by Crippen LogP contribution is 2.32. The summed E-state index contributed by atoms with van der Waals surface area (Å²) in [6.45, 7) is 12.3. The van der Waals surface area contributed by atoms with Crippen LogP contribution in [0.5, 0.6) is 0 Å². The van der Waals surface area contributed by atoms with E-state index in [0.29, 0.717) is 18.4 Å². The van der Waals surface area contributed by atoms with E-state index in [0.717, 1.165) is 37.6 Å². The van der Waals surface area contributed by atoms with Crippen LogP contribution in [-0.2, 0) is 4.79 Å². The molecular weight excluding hydrogens is 365 g/mol. The summed E-state index contributed by atoms with van der Waals surface area (Å²) in [6, 6.07) is 12.9. The van der Waals surface area contributed by atoms with Gasteiger partial charge in [-0.15, -0.1) is 0 Å². The molecule has 1 amide bonds. The van der Waals surface area contributed by atoms with Gasteiger partial charge in [-0.05, 0) is 47.2 Å². The Morgan fingerprint density at radius 2 is 1.48 bits per heavy atom. The number of nitrogens with zero attached hydrogens (tertiary/aromatic N) is 2. The first-order chi connectivity index (χ1) is 13.8. The van der Waals surface area contributed by atoms with Gasteiger partial charge in [0.15, 0.2) is 0 Å². The normalized spacial score (nSPS) is 15.2. The maximum absolute atomic E-state index is 13.1. The lowest BCUT2D eigenvalue weighted by molar-refractivity contribution is -0.117. The number of nitrogens with one attached hydrogen (secondary N) is 1. The molecule has 0 unspecified atom stereocenters. The molecule has 156 valence electrons. The Morgan fingerprint density at radius 3 is 2.00 bits per heavy atom. The number of rotatable bonds is 6. The van der Waals surface area contributed by atoms with Crippen LogP contribution >= 0.6 is 0 Å². The minimum Gasteiger partial charge on any atom is -0.369 e. The lowest BCUT2D eigenvalue weighted by Crippen LogP contribution is -2.48. The molecule has 1 saturated heterocycles. The van der Waals surface area contributed by atoms with E-state index in [2.05, 4.69) is 61.0 Å². The highest BCUT2D eigenvalue weighted by molar-refractivity contribution is 5.94. The summed E-state index contributed by atoms with van der Waals surface area (Å²) in [6.07, 6.45) is 0. The molecule has 1 N–H and O–H groups in total. The van der Waals surface area contributed by atoms with Gasteiger partial charge < -0.3 is 10.2 Å². The van der Waals surface area contributed by atoms with Gasteiger partial charge in [0.2, 0.25) is 5.91 Å². The van der Waals surface area contributed by atoms with Crippen LogP contribution < -0.4 is 10.2 Å². The van der Waals surface area contributed by atoms with Crippen molar-refractivity contribution in [3.63, 3.8) is 0 Å². The SMILES string of the molecule is CC(C)c1cccc(C(C)C)c1NC(=O)CN1CCN(c2ccc(F)cc2)CC1. The lowest BCUT2D eigenvalue weighted by Gasteiger charge is -2.35. The summed E-state index contributed by atoms with van der Waals surface area (Å²) in [5, 5.41) is 3.20. The smallest absolute Gasteiger partial charge is 0.238 e. The Labute approximate surface area is 173 Å². The first-order valence-corrected chi connectivity index (χ1v) is 10.5. The van der Waals surface area contributed by atoms with Crippen molar-refractivity contribution in [1.29, 1.82) is 0 Å². The van der Waals surface area contributed by atoms with E-state index < -0.39 is 0 Å². The molecule has 0 spiro atoms. The van der Waals surface area contributed by atoms with Gasteiger partial charge in [0, 0.05) is 37.6 Å². The van der Waals surface area contributed by atoms with Crippen molar-refractivity contribution >= 4 is 17.3 Å². The van der Waals surface area contributed by atoms with Crippen molar-refractivity contribution in [2.24, 2.45) is 0 Å². The second-order valence-corrected chi connectivity index (χ2v) is 8.41. The van der Waals surface area contributed by atoms with E-state index >= 15 is 0 Å². The zero-order valence-electron chi connectivity index (χ0n) is 17.9. The number of para-hydroxylation sites is 1. The van der Waals surface area contributed by atoms with Crippen LogP contribution in [-0.4, -0.2) is 43.5 Å². The predicted molar refractivity (Wildman–Crippen MR) is 118 cm³/mol. The first-order valence-electron chi connectivity index (χ1n) is 10.5. The van der Waals surface area contributed by atoms with Gasteiger partial charge in [0.1, 0.15) is 5.82 Å². The second kappa shape index (κ2) is 9.40.